The monoisotopic (exact) mass is 165 g/mol. The first-order valence-corrected chi connectivity index (χ1v) is 4.11. The van der Waals surface area contributed by atoms with Crippen molar-refractivity contribution in [2.45, 2.75) is 26.7 Å². The minimum absolute atomic E-state index is 0.490. The van der Waals surface area contributed by atoms with E-state index in [-0.39, 0.29) is 0 Å². The molecule has 1 heterocycles. The fourth-order valence-electron chi connectivity index (χ4n) is 1.16. The SMILES string of the molecule is [CH2-][NH2+]c1ncc(C(C)C)c(C)n1. The molecule has 0 spiro atoms. The number of nitrogens with zero attached hydrogens (tertiary/aromatic N) is 2. The van der Waals surface area contributed by atoms with E-state index in [4.69, 9.17) is 0 Å². The van der Waals surface area contributed by atoms with Gasteiger partial charge >= 0.3 is 0 Å². The summed E-state index contributed by atoms with van der Waals surface area (Å²) < 4.78 is 0. The highest BCUT2D eigenvalue weighted by Gasteiger charge is 2.06. The zero-order valence-corrected chi connectivity index (χ0v) is 7.83. The minimum Gasteiger partial charge on any atom is -0.412 e. The Hall–Kier alpha value is -0.960. The average Bonchev–Trinajstić information content (AvgIpc) is 2.03. The van der Waals surface area contributed by atoms with Gasteiger partial charge in [0.1, 0.15) is 0 Å². The van der Waals surface area contributed by atoms with Crippen LogP contribution in [0.25, 0.3) is 0 Å². The largest absolute Gasteiger partial charge is 0.412 e. The second-order valence-electron chi connectivity index (χ2n) is 3.13. The number of hydrogen-bond donors (Lipinski definition) is 1. The lowest BCUT2D eigenvalue weighted by molar-refractivity contribution is -0.513. The molecule has 0 aliphatic rings. The molecule has 0 radical (unpaired) electrons. The van der Waals surface area contributed by atoms with Crippen molar-refractivity contribution in [1.29, 1.82) is 0 Å². The summed E-state index contributed by atoms with van der Waals surface area (Å²) in [6, 6.07) is 0. The molecule has 2 N–H and O–H groups in total. The summed E-state index contributed by atoms with van der Waals surface area (Å²) in [5, 5.41) is 1.66. The third kappa shape index (κ3) is 1.80. The van der Waals surface area contributed by atoms with Gasteiger partial charge in [-0.15, -0.1) is 7.05 Å². The lowest BCUT2D eigenvalue weighted by Gasteiger charge is -2.07. The van der Waals surface area contributed by atoms with E-state index in [0.717, 1.165) is 5.69 Å². The Morgan fingerprint density at radius 2 is 2.17 bits per heavy atom. The lowest BCUT2D eigenvalue weighted by Crippen LogP contribution is -2.70. The molecule has 0 fully saturated rings. The van der Waals surface area contributed by atoms with Crippen molar-refractivity contribution in [3.05, 3.63) is 24.5 Å². The molecule has 0 aliphatic carbocycles. The molecule has 1 aromatic rings. The van der Waals surface area contributed by atoms with Gasteiger partial charge in [-0.1, -0.05) is 13.8 Å². The van der Waals surface area contributed by atoms with Gasteiger partial charge in [-0.05, 0) is 18.4 Å². The van der Waals surface area contributed by atoms with Gasteiger partial charge in [-0.2, -0.15) is 9.97 Å². The molecular formula is C9H15N3. The standard InChI is InChI=1S/C9H15N3/c1-6(2)8-5-11-9(10-4)12-7(8)3/h5-6H,4,10H2,1-3H3. The first-order valence-electron chi connectivity index (χ1n) is 4.11. The van der Waals surface area contributed by atoms with Crippen LogP contribution in [0.15, 0.2) is 6.20 Å². The van der Waals surface area contributed by atoms with Crippen LogP contribution in [0.2, 0.25) is 0 Å². The van der Waals surface area contributed by atoms with Crippen LogP contribution in [-0.4, -0.2) is 9.97 Å². The Morgan fingerprint density at radius 3 is 2.58 bits per heavy atom. The zero-order valence-electron chi connectivity index (χ0n) is 7.83. The third-order valence-electron chi connectivity index (χ3n) is 1.84. The number of rotatable bonds is 2. The van der Waals surface area contributed by atoms with Crippen molar-refractivity contribution in [2.75, 3.05) is 0 Å². The van der Waals surface area contributed by atoms with Gasteiger partial charge in [0.25, 0.3) is 5.95 Å². The molecule has 3 heteroatoms. The second kappa shape index (κ2) is 3.63. The molecule has 3 nitrogen and oxygen atoms in total. The molecule has 0 aliphatic heterocycles. The van der Waals surface area contributed by atoms with Crippen molar-refractivity contribution >= 4 is 5.95 Å². The van der Waals surface area contributed by atoms with Crippen LogP contribution in [0.5, 0.6) is 0 Å². The minimum atomic E-state index is 0.490. The van der Waals surface area contributed by atoms with Crippen LogP contribution in [0.1, 0.15) is 31.0 Å². The molecule has 0 saturated heterocycles. The van der Waals surface area contributed by atoms with E-state index in [9.17, 15) is 0 Å². The summed E-state index contributed by atoms with van der Waals surface area (Å²) in [6.07, 6.45) is 1.88. The van der Waals surface area contributed by atoms with Crippen molar-refractivity contribution in [3.63, 3.8) is 0 Å². The van der Waals surface area contributed by atoms with E-state index in [0.29, 0.717) is 11.9 Å². The van der Waals surface area contributed by atoms with Crippen molar-refractivity contribution in [2.24, 2.45) is 0 Å². The molecular weight excluding hydrogens is 150 g/mol. The average molecular weight is 165 g/mol. The Morgan fingerprint density at radius 1 is 1.50 bits per heavy atom. The fourth-order valence-corrected chi connectivity index (χ4v) is 1.16. The van der Waals surface area contributed by atoms with Crippen LogP contribution in [0, 0.1) is 14.0 Å². The van der Waals surface area contributed by atoms with E-state index in [1.54, 1.807) is 5.32 Å². The molecule has 1 aromatic heterocycles. The van der Waals surface area contributed by atoms with Crippen LogP contribution >= 0.6 is 0 Å². The summed E-state index contributed by atoms with van der Waals surface area (Å²) >= 11 is 0. The van der Waals surface area contributed by atoms with Crippen molar-refractivity contribution < 1.29 is 5.32 Å². The quantitative estimate of drug-likeness (QED) is 0.661. The van der Waals surface area contributed by atoms with Gasteiger partial charge in [0.2, 0.25) is 0 Å². The Kier molecular flexibility index (Phi) is 2.76. The van der Waals surface area contributed by atoms with Gasteiger partial charge in [0.05, 0.1) is 5.69 Å². The van der Waals surface area contributed by atoms with Crippen LogP contribution < -0.4 is 5.32 Å². The number of aromatic nitrogens is 2. The van der Waals surface area contributed by atoms with Crippen molar-refractivity contribution in [1.82, 2.24) is 9.97 Å². The summed E-state index contributed by atoms with van der Waals surface area (Å²) in [7, 11) is 3.62. The molecule has 1 rings (SSSR count). The molecule has 0 amide bonds. The first kappa shape index (κ1) is 9.13. The highest BCUT2D eigenvalue weighted by atomic mass is 15.1. The summed E-state index contributed by atoms with van der Waals surface area (Å²) in [5.74, 6) is 1.20. The maximum absolute atomic E-state index is 4.28. The van der Waals surface area contributed by atoms with Crippen molar-refractivity contribution in [3.8, 4) is 0 Å². The lowest BCUT2D eigenvalue weighted by atomic mass is 10.0. The Balaban J connectivity index is 3.03. The summed E-state index contributed by atoms with van der Waals surface area (Å²) in [6.45, 7) is 6.28. The number of nitrogens with two attached hydrogens (primary N) is 1. The predicted octanol–water partition coefficient (Wildman–Crippen LogP) is 0.895. The van der Waals surface area contributed by atoms with Gasteiger partial charge in [-0.25, -0.2) is 0 Å². The highest BCUT2D eigenvalue weighted by molar-refractivity contribution is 5.22. The predicted molar refractivity (Wildman–Crippen MR) is 47.8 cm³/mol. The molecule has 0 unspecified atom stereocenters. The molecule has 0 aromatic carbocycles. The zero-order chi connectivity index (χ0) is 9.14. The van der Waals surface area contributed by atoms with E-state index >= 15 is 0 Å². The summed E-state index contributed by atoms with van der Waals surface area (Å²) in [4.78, 5) is 8.43. The van der Waals surface area contributed by atoms with Gasteiger partial charge in [-0.3, -0.25) is 0 Å². The van der Waals surface area contributed by atoms with Crippen LogP contribution in [0.3, 0.4) is 0 Å². The molecule has 0 atom stereocenters. The Labute approximate surface area is 73.2 Å². The van der Waals surface area contributed by atoms with Crippen LogP contribution in [-0.2, 0) is 0 Å². The third-order valence-corrected chi connectivity index (χ3v) is 1.84. The topological polar surface area (TPSA) is 42.4 Å². The van der Waals surface area contributed by atoms with E-state index in [2.05, 4.69) is 30.9 Å². The van der Waals surface area contributed by atoms with Gasteiger partial charge in [0.15, 0.2) is 0 Å². The maximum atomic E-state index is 4.28. The van der Waals surface area contributed by atoms with Crippen LogP contribution in [0.4, 0.5) is 5.95 Å². The molecule has 0 saturated carbocycles. The molecule has 12 heavy (non-hydrogen) atoms. The number of aryl methyl sites for hydroxylation is 1. The molecule has 0 bridgehead atoms. The fraction of sp³-hybridized carbons (Fsp3) is 0.444. The highest BCUT2D eigenvalue weighted by Crippen LogP contribution is 2.15. The Bertz CT molecular complexity index is 268. The number of hydrogen-bond acceptors (Lipinski definition) is 2. The van der Waals surface area contributed by atoms with E-state index in [1.807, 2.05) is 13.1 Å². The maximum Gasteiger partial charge on any atom is 0.298 e. The van der Waals surface area contributed by atoms with E-state index in [1.165, 1.54) is 5.56 Å². The van der Waals surface area contributed by atoms with Gasteiger partial charge in [0, 0.05) is 6.20 Å². The normalized spacial score (nSPS) is 10.8. The first-order chi connectivity index (χ1) is 5.65. The van der Waals surface area contributed by atoms with E-state index < -0.39 is 0 Å². The van der Waals surface area contributed by atoms with Gasteiger partial charge < -0.3 is 5.32 Å². The summed E-state index contributed by atoms with van der Waals surface area (Å²) in [5.41, 5.74) is 2.26. The second-order valence-corrected chi connectivity index (χ2v) is 3.13. The molecule has 66 valence electrons. The number of quaternary nitrogens is 1. The smallest absolute Gasteiger partial charge is 0.298 e.